The molecule has 4 nitrogen and oxygen atoms in total. The van der Waals surface area contributed by atoms with Crippen LogP contribution in [-0.2, 0) is 6.42 Å². The highest BCUT2D eigenvalue weighted by Crippen LogP contribution is 2.20. The van der Waals surface area contributed by atoms with Crippen molar-refractivity contribution < 1.29 is 4.74 Å². The van der Waals surface area contributed by atoms with Crippen LogP contribution >= 0.6 is 11.6 Å². The second-order valence-corrected chi connectivity index (χ2v) is 5.06. The van der Waals surface area contributed by atoms with Crippen LogP contribution in [0.25, 0.3) is 5.65 Å². The van der Waals surface area contributed by atoms with Crippen molar-refractivity contribution in [3.8, 4) is 11.8 Å². The van der Waals surface area contributed by atoms with E-state index in [9.17, 15) is 5.26 Å². The van der Waals surface area contributed by atoms with Crippen LogP contribution in [0, 0.1) is 11.3 Å². The molecule has 0 unspecified atom stereocenters. The fourth-order valence-corrected chi connectivity index (χ4v) is 2.45. The van der Waals surface area contributed by atoms with Crippen LogP contribution in [0.4, 0.5) is 0 Å². The third-order valence-corrected chi connectivity index (χ3v) is 3.49. The lowest BCUT2D eigenvalue weighted by molar-refractivity contribution is 0.414. The molecule has 0 bridgehead atoms. The maximum absolute atomic E-state index is 9.40. The average Bonchev–Trinajstić information content (AvgIpc) is 2.83. The Hall–Kier alpha value is -2.51. The predicted octanol–water partition coefficient (Wildman–Crippen LogP) is 3.46. The van der Waals surface area contributed by atoms with Crippen LogP contribution in [0.3, 0.4) is 0 Å². The summed E-state index contributed by atoms with van der Waals surface area (Å²) >= 11 is 5.98. The summed E-state index contributed by atoms with van der Waals surface area (Å²) in [6.07, 6.45) is 2.27. The number of benzene rings is 1. The van der Waals surface area contributed by atoms with Gasteiger partial charge in [-0.3, -0.25) is 4.40 Å². The molecule has 3 rings (SSSR count). The number of methoxy groups -OCH3 is 1. The zero-order valence-electron chi connectivity index (χ0n) is 11.4. The molecule has 3 aromatic rings. The van der Waals surface area contributed by atoms with Gasteiger partial charge in [0.05, 0.1) is 17.8 Å². The number of aromatic nitrogens is 2. The molecule has 0 aliphatic carbocycles. The lowest BCUT2D eigenvalue weighted by Gasteiger charge is -2.03. The molecule has 0 saturated heterocycles. The van der Waals surface area contributed by atoms with E-state index in [-0.39, 0.29) is 0 Å². The summed E-state index contributed by atoms with van der Waals surface area (Å²) in [7, 11) is 1.63. The molecule has 0 radical (unpaired) electrons. The number of pyridine rings is 1. The maximum atomic E-state index is 9.40. The second kappa shape index (κ2) is 5.47. The smallest absolute Gasteiger partial charge is 0.148 e. The molecule has 0 fully saturated rings. The number of nitriles is 1. The third kappa shape index (κ3) is 2.56. The van der Waals surface area contributed by atoms with Crippen molar-refractivity contribution in [2.75, 3.05) is 7.11 Å². The molecule has 0 atom stereocenters. The minimum Gasteiger partial charge on any atom is -0.497 e. The van der Waals surface area contributed by atoms with Gasteiger partial charge in [0.15, 0.2) is 0 Å². The minimum absolute atomic E-state index is 0.510. The topological polar surface area (TPSA) is 50.3 Å². The van der Waals surface area contributed by atoms with Gasteiger partial charge < -0.3 is 4.74 Å². The Morgan fingerprint density at radius 2 is 2.19 bits per heavy atom. The zero-order valence-corrected chi connectivity index (χ0v) is 12.1. The highest BCUT2D eigenvalue weighted by Gasteiger charge is 2.12. The van der Waals surface area contributed by atoms with E-state index < -0.39 is 0 Å². The molecule has 1 aromatic carbocycles. The number of halogens is 1. The minimum atomic E-state index is 0.510. The molecular formula is C16H12ClN3O. The first-order valence-electron chi connectivity index (χ1n) is 6.41. The van der Waals surface area contributed by atoms with Crippen LogP contribution in [0.5, 0.6) is 5.75 Å². The van der Waals surface area contributed by atoms with E-state index >= 15 is 0 Å². The van der Waals surface area contributed by atoms with E-state index in [2.05, 4.69) is 11.1 Å². The third-order valence-electron chi connectivity index (χ3n) is 3.27. The zero-order chi connectivity index (χ0) is 14.8. The SMILES string of the molecule is COc1cccc(Cc2nc3ccc(Cl)cn3c2C#N)c1. The number of fused-ring (bicyclic) bond motifs is 1. The normalized spacial score (nSPS) is 10.5. The van der Waals surface area contributed by atoms with E-state index in [1.54, 1.807) is 29.8 Å². The Morgan fingerprint density at radius 3 is 2.95 bits per heavy atom. The van der Waals surface area contributed by atoms with Crippen LogP contribution < -0.4 is 4.74 Å². The molecular weight excluding hydrogens is 286 g/mol. The van der Waals surface area contributed by atoms with Gasteiger partial charge in [-0.2, -0.15) is 5.26 Å². The molecule has 2 aromatic heterocycles. The van der Waals surface area contributed by atoms with Crippen LogP contribution in [0.15, 0.2) is 42.6 Å². The van der Waals surface area contributed by atoms with Gasteiger partial charge in [-0.05, 0) is 29.8 Å². The van der Waals surface area contributed by atoms with Gasteiger partial charge >= 0.3 is 0 Å². The monoisotopic (exact) mass is 297 g/mol. The summed E-state index contributed by atoms with van der Waals surface area (Å²) in [5.41, 5.74) is 3.00. The number of rotatable bonds is 3. The van der Waals surface area contributed by atoms with Crippen molar-refractivity contribution in [1.82, 2.24) is 9.38 Å². The van der Waals surface area contributed by atoms with Crippen molar-refractivity contribution in [2.24, 2.45) is 0 Å². The van der Waals surface area contributed by atoms with E-state index in [1.807, 2.05) is 24.3 Å². The number of ether oxygens (including phenoxy) is 1. The average molecular weight is 298 g/mol. The molecule has 21 heavy (non-hydrogen) atoms. The molecule has 104 valence electrons. The Balaban J connectivity index is 2.06. The molecule has 0 aliphatic heterocycles. The highest BCUT2D eigenvalue weighted by atomic mass is 35.5. The number of hydrogen-bond donors (Lipinski definition) is 0. The summed E-state index contributed by atoms with van der Waals surface area (Å²) < 4.78 is 6.94. The Kier molecular flexibility index (Phi) is 3.51. The fourth-order valence-electron chi connectivity index (χ4n) is 2.28. The largest absolute Gasteiger partial charge is 0.497 e. The van der Waals surface area contributed by atoms with Gasteiger partial charge in [0, 0.05) is 12.6 Å². The number of nitrogens with zero attached hydrogens (tertiary/aromatic N) is 3. The predicted molar refractivity (Wildman–Crippen MR) is 80.7 cm³/mol. The van der Waals surface area contributed by atoms with Crippen LogP contribution in [0.2, 0.25) is 5.02 Å². The second-order valence-electron chi connectivity index (χ2n) is 4.62. The van der Waals surface area contributed by atoms with E-state index in [0.717, 1.165) is 17.0 Å². The fraction of sp³-hybridized carbons (Fsp3) is 0.125. The molecule has 0 saturated carbocycles. The lowest BCUT2D eigenvalue weighted by atomic mass is 10.1. The summed E-state index contributed by atoms with van der Waals surface area (Å²) in [5, 5.41) is 9.97. The first-order chi connectivity index (χ1) is 10.2. The van der Waals surface area contributed by atoms with Gasteiger partial charge in [-0.1, -0.05) is 23.7 Å². The van der Waals surface area contributed by atoms with Gasteiger partial charge in [0.1, 0.15) is 23.2 Å². The van der Waals surface area contributed by atoms with Crippen molar-refractivity contribution in [2.45, 2.75) is 6.42 Å². The van der Waals surface area contributed by atoms with Gasteiger partial charge in [0.25, 0.3) is 0 Å². The van der Waals surface area contributed by atoms with Crippen molar-refractivity contribution in [3.63, 3.8) is 0 Å². The van der Waals surface area contributed by atoms with Gasteiger partial charge in [-0.15, -0.1) is 0 Å². The maximum Gasteiger partial charge on any atom is 0.148 e. The molecule has 0 N–H and O–H groups in total. The Labute approximate surface area is 127 Å². The summed E-state index contributed by atoms with van der Waals surface area (Å²) in [6.45, 7) is 0. The molecule has 2 heterocycles. The van der Waals surface area contributed by atoms with Crippen molar-refractivity contribution in [3.05, 3.63) is 64.6 Å². The Bertz CT molecular complexity index is 848. The summed E-state index contributed by atoms with van der Waals surface area (Å²) in [4.78, 5) is 4.52. The first kappa shape index (κ1) is 13.5. The van der Waals surface area contributed by atoms with Gasteiger partial charge in [-0.25, -0.2) is 4.98 Å². The quantitative estimate of drug-likeness (QED) is 0.744. The molecule has 0 spiro atoms. The summed E-state index contributed by atoms with van der Waals surface area (Å²) in [6, 6.07) is 13.5. The molecule has 0 amide bonds. The van der Waals surface area contributed by atoms with Crippen LogP contribution in [0.1, 0.15) is 17.0 Å². The number of imidazole rings is 1. The first-order valence-corrected chi connectivity index (χ1v) is 6.78. The number of hydrogen-bond acceptors (Lipinski definition) is 3. The van der Waals surface area contributed by atoms with E-state index in [1.165, 1.54) is 0 Å². The highest BCUT2D eigenvalue weighted by molar-refractivity contribution is 6.30. The van der Waals surface area contributed by atoms with Crippen molar-refractivity contribution in [1.29, 1.82) is 5.26 Å². The lowest BCUT2D eigenvalue weighted by Crippen LogP contribution is -1.94. The van der Waals surface area contributed by atoms with Gasteiger partial charge in [0.2, 0.25) is 0 Å². The molecule has 0 aliphatic rings. The van der Waals surface area contributed by atoms with E-state index in [4.69, 9.17) is 16.3 Å². The standard InChI is InChI=1S/C16H12ClN3O/c1-21-13-4-2-3-11(7-13)8-14-15(9-18)20-10-12(17)5-6-16(20)19-14/h2-7,10H,8H2,1H3. The Morgan fingerprint density at radius 1 is 1.33 bits per heavy atom. The van der Waals surface area contributed by atoms with Crippen LogP contribution in [-0.4, -0.2) is 16.5 Å². The van der Waals surface area contributed by atoms with Crippen molar-refractivity contribution >= 4 is 17.2 Å². The van der Waals surface area contributed by atoms with E-state index in [0.29, 0.717) is 22.8 Å². The summed E-state index contributed by atoms with van der Waals surface area (Å²) in [5.74, 6) is 0.790. The molecule has 5 heteroatoms.